The highest BCUT2D eigenvalue weighted by molar-refractivity contribution is 5.86. The average Bonchev–Trinajstić information content (AvgIpc) is 2.54. The van der Waals surface area contributed by atoms with Crippen LogP contribution in [0.3, 0.4) is 0 Å². The van der Waals surface area contributed by atoms with Gasteiger partial charge in [-0.15, -0.1) is 0 Å². The SMILES string of the molecule is CC1C[C@H](C(=O)N2CC(O)C2)[C@H](C(=O)O)C1. The third-order valence-corrected chi connectivity index (χ3v) is 3.61. The molecule has 1 aliphatic heterocycles. The molecule has 5 heteroatoms. The van der Waals surface area contributed by atoms with Crippen molar-refractivity contribution in [1.29, 1.82) is 0 Å². The fourth-order valence-corrected chi connectivity index (χ4v) is 2.71. The number of β-amino-alcohol motifs (C(OH)–C–C–N with tert-alkyl or cyclic N) is 1. The first-order chi connectivity index (χ1) is 7.49. The number of rotatable bonds is 2. The summed E-state index contributed by atoms with van der Waals surface area (Å²) in [6, 6.07) is 0. The van der Waals surface area contributed by atoms with Crippen LogP contribution in [0.4, 0.5) is 0 Å². The smallest absolute Gasteiger partial charge is 0.307 e. The summed E-state index contributed by atoms with van der Waals surface area (Å²) < 4.78 is 0. The van der Waals surface area contributed by atoms with Crippen molar-refractivity contribution in [3.63, 3.8) is 0 Å². The van der Waals surface area contributed by atoms with E-state index < -0.39 is 18.0 Å². The molecule has 2 N–H and O–H groups in total. The molecule has 16 heavy (non-hydrogen) atoms. The fourth-order valence-electron chi connectivity index (χ4n) is 2.71. The number of aliphatic hydroxyl groups is 1. The number of likely N-dealkylation sites (tertiary alicyclic amines) is 1. The van der Waals surface area contributed by atoms with Gasteiger partial charge in [-0.2, -0.15) is 0 Å². The Balaban J connectivity index is 2.02. The molecule has 3 atom stereocenters. The maximum atomic E-state index is 12.0. The van der Waals surface area contributed by atoms with Crippen molar-refractivity contribution in [3.8, 4) is 0 Å². The van der Waals surface area contributed by atoms with E-state index >= 15 is 0 Å². The van der Waals surface area contributed by atoms with E-state index in [1.807, 2.05) is 6.92 Å². The van der Waals surface area contributed by atoms with Crippen LogP contribution in [-0.2, 0) is 9.59 Å². The Kier molecular flexibility index (Phi) is 2.88. The van der Waals surface area contributed by atoms with Crippen molar-refractivity contribution in [2.75, 3.05) is 13.1 Å². The van der Waals surface area contributed by atoms with Crippen LogP contribution in [-0.4, -0.2) is 46.2 Å². The molecule has 0 bridgehead atoms. The topological polar surface area (TPSA) is 77.8 Å². The van der Waals surface area contributed by atoms with Gasteiger partial charge in [-0.05, 0) is 18.8 Å². The highest BCUT2D eigenvalue weighted by atomic mass is 16.4. The molecule has 1 saturated heterocycles. The third kappa shape index (κ3) is 1.91. The van der Waals surface area contributed by atoms with Gasteiger partial charge in [0.2, 0.25) is 5.91 Å². The Morgan fingerprint density at radius 1 is 1.19 bits per heavy atom. The summed E-state index contributed by atoms with van der Waals surface area (Å²) >= 11 is 0. The van der Waals surface area contributed by atoms with Gasteiger partial charge in [-0.25, -0.2) is 0 Å². The Morgan fingerprint density at radius 2 is 1.75 bits per heavy atom. The van der Waals surface area contributed by atoms with Gasteiger partial charge in [0, 0.05) is 13.1 Å². The van der Waals surface area contributed by atoms with Gasteiger partial charge in [-0.1, -0.05) is 6.92 Å². The van der Waals surface area contributed by atoms with Crippen molar-refractivity contribution < 1.29 is 19.8 Å². The quantitative estimate of drug-likeness (QED) is 0.692. The average molecular weight is 227 g/mol. The summed E-state index contributed by atoms with van der Waals surface area (Å²) in [5.74, 6) is -1.60. The number of aliphatic carboxylic acids is 1. The monoisotopic (exact) mass is 227 g/mol. The molecule has 2 fully saturated rings. The summed E-state index contributed by atoms with van der Waals surface area (Å²) in [4.78, 5) is 24.6. The maximum Gasteiger partial charge on any atom is 0.307 e. The van der Waals surface area contributed by atoms with Gasteiger partial charge in [0.1, 0.15) is 0 Å². The molecule has 1 saturated carbocycles. The number of hydrogen-bond donors (Lipinski definition) is 2. The molecule has 0 radical (unpaired) electrons. The van der Waals surface area contributed by atoms with Crippen LogP contribution in [0.1, 0.15) is 19.8 Å². The Morgan fingerprint density at radius 3 is 2.25 bits per heavy atom. The van der Waals surface area contributed by atoms with E-state index in [4.69, 9.17) is 10.2 Å². The number of amides is 1. The molecule has 1 aliphatic carbocycles. The number of hydrogen-bond acceptors (Lipinski definition) is 3. The molecule has 1 heterocycles. The summed E-state index contributed by atoms with van der Waals surface area (Å²) in [5.41, 5.74) is 0. The minimum Gasteiger partial charge on any atom is -0.481 e. The number of carboxylic acids is 1. The molecule has 2 aliphatic rings. The second kappa shape index (κ2) is 4.05. The normalized spacial score (nSPS) is 34.9. The molecule has 5 nitrogen and oxygen atoms in total. The molecule has 2 rings (SSSR count). The van der Waals surface area contributed by atoms with E-state index in [0.717, 1.165) is 0 Å². The minimum absolute atomic E-state index is 0.0953. The first kappa shape index (κ1) is 11.4. The second-order valence-corrected chi connectivity index (χ2v) is 5.02. The lowest BCUT2D eigenvalue weighted by Crippen LogP contribution is -2.55. The first-order valence-electron chi connectivity index (χ1n) is 5.68. The van der Waals surface area contributed by atoms with E-state index in [0.29, 0.717) is 31.8 Å². The largest absolute Gasteiger partial charge is 0.481 e. The maximum absolute atomic E-state index is 12.0. The predicted molar refractivity (Wildman–Crippen MR) is 55.6 cm³/mol. The van der Waals surface area contributed by atoms with Crippen LogP contribution in [0.2, 0.25) is 0 Å². The van der Waals surface area contributed by atoms with Crippen LogP contribution >= 0.6 is 0 Å². The molecular weight excluding hydrogens is 210 g/mol. The van der Waals surface area contributed by atoms with Gasteiger partial charge in [0.15, 0.2) is 0 Å². The number of nitrogens with zero attached hydrogens (tertiary/aromatic N) is 1. The molecule has 0 aromatic heterocycles. The summed E-state index contributed by atoms with van der Waals surface area (Å²) in [6.45, 7) is 2.69. The third-order valence-electron chi connectivity index (χ3n) is 3.61. The lowest BCUT2D eigenvalue weighted by Gasteiger charge is -2.38. The van der Waals surface area contributed by atoms with Crippen molar-refractivity contribution >= 4 is 11.9 Å². The van der Waals surface area contributed by atoms with E-state index in [2.05, 4.69) is 0 Å². The fraction of sp³-hybridized carbons (Fsp3) is 0.818. The lowest BCUT2D eigenvalue weighted by molar-refractivity contribution is -0.154. The number of aliphatic hydroxyl groups excluding tert-OH is 1. The Bertz CT molecular complexity index is 311. The summed E-state index contributed by atoms with van der Waals surface area (Å²) in [7, 11) is 0. The van der Waals surface area contributed by atoms with E-state index in [1.54, 1.807) is 4.90 Å². The molecule has 90 valence electrons. The van der Waals surface area contributed by atoms with Crippen LogP contribution in [0, 0.1) is 17.8 Å². The molecule has 1 unspecified atom stereocenters. The van der Waals surface area contributed by atoms with Crippen molar-refractivity contribution in [2.45, 2.75) is 25.9 Å². The van der Waals surface area contributed by atoms with E-state index in [1.165, 1.54) is 0 Å². The zero-order valence-corrected chi connectivity index (χ0v) is 9.30. The number of carboxylic acid groups (broad SMARTS) is 1. The van der Waals surface area contributed by atoms with Crippen LogP contribution in [0.5, 0.6) is 0 Å². The molecule has 0 aromatic rings. The van der Waals surface area contributed by atoms with Crippen molar-refractivity contribution in [1.82, 2.24) is 4.90 Å². The van der Waals surface area contributed by atoms with Gasteiger partial charge in [0.25, 0.3) is 0 Å². The van der Waals surface area contributed by atoms with Gasteiger partial charge >= 0.3 is 5.97 Å². The zero-order chi connectivity index (χ0) is 11.9. The lowest BCUT2D eigenvalue weighted by atomic mass is 9.93. The van der Waals surface area contributed by atoms with Crippen LogP contribution < -0.4 is 0 Å². The highest BCUT2D eigenvalue weighted by Gasteiger charge is 2.44. The van der Waals surface area contributed by atoms with Gasteiger partial charge in [0.05, 0.1) is 17.9 Å². The number of carbonyl (C=O) groups excluding carboxylic acids is 1. The highest BCUT2D eigenvalue weighted by Crippen LogP contribution is 2.38. The Hall–Kier alpha value is -1.10. The molecule has 1 amide bonds. The van der Waals surface area contributed by atoms with Gasteiger partial charge in [-0.3, -0.25) is 9.59 Å². The van der Waals surface area contributed by atoms with E-state index in [-0.39, 0.29) is 11.8 Å². The van der Waals surface area contributed by atoms with Gasteiger partial charge < -0.3 is 15.1 Å². The molecule has 0 spiro atoms. The van der Waals surface area contributed by atoms with Crippen molar-refractivity contribution in [2.24, 2.45) is 17.8 Å². The summed E-state index contributed by atoms with van der Waals surface area (Å²) in [5, 5.41) is 18.2. The van der Waals surface area contributed by atoms with Crippen molar-refractivity contribution in [3.05, 3.63) is 0 Å². The van der Waals surface area contributed by atoms with E-state index in [9.17, 15) is 9.59 Å². The molecule has 0 aromatic carbocycles. The summed E-state index contributed by atoms with van der Waals surface area (Å²) in [6.07, 6.45) is 0.816. The van der Waals surface area contributed by atoms with Crippen LogP contribution in [0.15, 0.2) is 0 Å². The zero-order valence-electron chi connectivity index (χ0n) is 9.30. The van der Waals surface area contributed by atoms with Crippen LogP contribution in [0.25, 0.3) is 0 Å². The predicted octanol–water partition coefficient (Wildman–Crippen LogP) is -0.0636. The Labute approximate surface area is 94.0 Å². The first-order valence-corrected chi connectivity index (χ1v) is 5.68. The second-order valence-electron chi connectivity index (χ2n) is 5.02. The minimum atomic E-state index is -0.872. The number of carbonyl (C=O) groups is 2. The standard InChI is InChI=1S/C11H17NO4/c1-6-2-8(9(3-6)11(15)16)10(14)12-4-7(13)5-12/h6-9,13H,2-5H2,1H3,(H,15,16)/t6?,8-,9+/m0/s1. The molecular formula is C11H17NO4.